The largest absolute Gasteiger partial charge is 0.489 e. The Hall–Kier alpha value is -0.800. The molecule has 0 N–H and O–H groups in total. The molecular formula is C16H16Br2O. The van der Waals surface area contributed by atoms with Crippen molar-refractivity contribution in [3.8, 4) is 5.75 Å². The lowest BCUT2D eigenvalue weighted by Gasteiger charge is -2.11. The average Bonchev–Trinajstić information content (AvgIpc) is 2.46. The van der Waals surface area contributed by atoms with Crippen LogP contribution in [0.3, 0.4) is 0 Å². The molecule has 0 aliphatic heterocycles. The van der Waals surface area contributed by atoms with Crippen LogP contribution in [0, 0.1) is 0 Å². The van der Waals surface area contributed by atoms with Crippen LogP contribution in [0.1, 0.15) is 23.6 Å². The Kier molecular flexibility index (Phi) is 5.46. The maximum atomic E-state index is 5.89. The fraction of sp³-hybridized carbons (Fsp3) is 0.250. The Morgan fingerprint density at radius 3 is 2.32 bits per heavy atom. The maximum Gasteiger partial charge on any atom is 0.123 e. The van der Waals surface area contributed by atoms with Gasteiger partial charge in [-0.25, -0.2) is 0 Å². The lowest BCUT2D eigenvalue weighted by Crippen LogP contribution is -1.98. The monoisotopic (exact) mass is 382 g/mol. The first kappa shape index (κ1) is 14.6. The molecule has 0 unspecified atom stereocenters. The summed E-state index contributed by atoms with van der Waals surface area (Å²) in [7, 11) is 0. The lowest BCUT2D eigenvalue weighted by atomic mass is 10.1. The summed E-state index contributed by atoms with van der Waals surface area (Å²) in [4.78, 5) is 0. The van der Waals surface area contributed by atoms with E-state index in [4.69, 9.17) is 4.74 Å². The topological polar surface area (TPSA) is 9.23 Å². The van der Waals surface area contributed by atoms with Crippen molar-refractivity contribution >= 4 is 31.9 Å². The van der Waals surface area contributed by atoms with Crippen molar-refractivity contribution in [2.75, 3.05) is 0 Å². The molecule has 2 aromatic rings. The predicted octanol–water partition coefficient (Wildman–Crippen LogP) is 5.49. The zero-order valence-corrected chi connectivity index (χ0v) is 14.0. The Labute approximate surface area is 131 Å². The van der Waals surface area contributed by atoms with Gasteiger partial charge in [0.1, 0.15) is 12.4 Å². The molecule has 0 saturated heterocycles. The molecule has 2 aromatic carbocycles. The first-order chi connectivity index (χ1) is 9.22. The lowest BCUT2D eigenvalue weighted by molar-refractivity contribution is 0.304. The minimum atomic E-state index is 0.603. The van der Waals surface area contributed by atoms with E-state index in [2.05, 4.69) is 69.1 Å². The van der Waals surface area contributed by atoms with Gasteiger partial charge in [0.15, 0.2) is 0 Å². The Morgan fingerprint density at radius 2 is 1.68 bits per heavy atom. The first-order valence-electron chi connectivity index (χ1n) is 6.28. The van der Waals surface area contributed by atoms with Crippen molar-refractivity contribution in [2.24, 2.45) is 0 Å². The van der Waals surface area contributed by atoms with Gasteiger partial charge in [-0.3, -0.25) is 0 Å². The molecule has 0 saturated carbocycles. The third kappa shape index (κ3) is 4.08. The molecule has 0 amide bonds. The molecule has 0 fully saturated rings. The predicted molar refractivity (Wildman–Crippen MR) is 86.9 cm³/mol. The van der Waals surface area contributed by atoms with Gasteiger partial charge in [-0.15, -0.1) is 0 Å². The summed E-state index contributed by atoms with van der Waals surface area (Å²) >= 11 is 6.96. The Bertz CT molecular complexity index is 535. The van der Waals surface area contributed by atoms with Crippen molar-refractivity contribution in [1.29, 1.82) is 0 Å². The zero-order valence-electron chi connectivity index (χ0n) is 10.8. The third-order valence-corrected chi connectivity index (χ3v) is 4.09. The van der Waals surface area contributed by atoms with Crippen LogP contribution in [0.25, 0.3) is 0 Å². The van der Waals surface area contributed by atoms with Gasteiger partial charge in [0, 0.05) is 15.4 Å². The number of halogens is 2. The molecule has 0 radical (unpaired) electrons. The van der Waals surface area contributed by atoms with Crippen LogP contribution in [-0.4, -0.2) is 0 Å². The second kappa shape index (κ2) is 7.11. The maximum absolute atomic E-state index is 5.89. The van der Waals surface area contributed by atoms with E-state index >= 15 is 0 Å². The summed E-state index contributed by atoms with van der Waals surface area (Å²) in [5.74, 6) is 0.930. The molecular weight excluding hydrogens is 368 g/mol. The van der Waals surface area contributed by atoms with E-state index in [1.165, 1.54) is 11.1 Å². The van der Waals surface area contributed by atoms with Crippen LogP contribution in [-0.2, 0) is 18.4 Å². The second-order valence-corrected chi connectivity index (χ2v) is 5.82. The fourth-order valence-electron chi connectivity index (χ4n) is 1.83. The van der Waals surface area contributed by atoms with E-state index in [1.54, 1.807) is 0 Å². The highest BCUT2D eigenvalue weighted by Crippen LogP contribution is 2.26. The minimum absolute atomic E-state index is 0.603. The number of hydrogen-bond donors (Lipinski definition) is 0. The summed E-state index contributed by atoms with van der Waals surface area (Å²) in [6.07, 6.45) is 1.07. The van der Waals surface area contributed by atoms with Gasteiger partial charge in [-0.1, -0.05) is 63.0 Å². The summed E-state index contributed by atoms with van der Waals surface area (Å²) in [5.41, 5.74) is 3.70. The number of benzene rings is 2. The molecule has 0 atom stereocenters. The van der Waals surface area contributed by atoms with E-state index < -0.39 is 0 Å². The Morgan fingerprint density at radius 1 is 1.00 bits per heavy atom. The highest BCUT2D eigenvalue weighted by atomic mass is 79.9. The van der Waals surface area contributed by atoms with Crippen LogP contribution < -0.4 is 4.74 Å². The molecule has 19 heavy (non-hydrogen) atoms. The van der Waals surface area contributed by atoms with Gasteiger partial charge in [-0.05, 0) is 35.7 Å². The van der Waals surface area contributed by atoms with Gasteiger partial charge in [0.05, 0.1) is 0 Å². The van der Waals surface area contributed by atoms with E-state index in [9.17, 15) is 0 Å². The van der Waals surface area contributed by atoms with Crippen LogP contribution in [0.15, 0.2) is 46.9 Å². The van der Waals surface area contributed by atoms with E-state index in [-0.39, 0.29) is 0 Å². The molecule has 0 aliphatic carbocycles. The molecule has 2 rings (SSSR count). The van der Waals surface area contributed by atoms with Crippen molar-refractivity contribution in [2.45, 2.75) is 25.3 Å². The van der Waals surface area contributed by atoms with Crippen LogP contribution in [0.5, 0.6) is 5.75 Å². The molecule has 100 valence electrons. The number of ether oxygens (including phenoxy) is 1. The van der Waals surface area contributed by atoms with Gasteiger partial charge < -0.3 is 4.74 Å². The van der Waals surface area contributed by atoms with Crippen LogP contribution >= 0.6 is 31.9 Å². The molecule has 0 spiro atoms. The van der Waals surface area contributed by atoms with E-state index in [1.807, 2.05) is 12.1 Å². The van der Waals surface area contributed by atoms with Crippen molar-refractivity contribution < 1.29 is 4.74 Å². The van der Waals surface area contributed by atoms with Crippen molar-refractivity contribution in [1.82, 2.24) is 0 Å². The molecule has 0 aromatic heterocycles. The summed E-state index contributed by atoms with van der Waals surface area (Å²) in [6, 6.07) is 14.7. The summed E-state index contributed by atoms with van der Waals surface area (Å²) < 4.78 is 6.96. The molecule has 0 heterocycles. The fourth-order valence-corrected chi connectivity index (χ4v) is 2.67. The smallest absolute Gasteiger partial charge is 0.123 e. The zero-order chi connectivity index (χ0) is 13.7. The van der Waals surface area contributed by atoms with Crippen molar-refractivity contribution in [3.63, 3.8) is 0 Å². The highest BCUT2D eigenvalue weighted by molar-refractivity contribution is 9.10. The number of hydrogen-bond acceptors (Lipinski definition) is 1. The van der Waals surface area contributed by atoms with Gasteiger partial charge in [0.25, 0.3) is 0 Å². The Balaban J connectivity index is 2.05. The molecule has 1 nitrogen and oxygen atoms in total. The average molecular weight is 384 g/mol. The highest BCUT2D eigenvalue weighted by Gasteiger charge is 2.04. The molecule has 3 heteroatoms. The number of aryl methyl sites for hydroxylation is 1. The van der Waals surface area contributed by atoms with E-state index in [0.29, 0.717) is 6.61 Å². The number of alkyl halides is 1. The number of rotatable bonds is 5. The summed E-state index contributed by atoms with van der Waals surface area (Å²) in [5, 5.41) is 0.788. The molecule has 0 aliphatic rings. The molecule has 0 bridgehead atoms. The minimum Gasteiger partial charge on any atom is -0.489 e. The van der Waals surface area contributed by atoms with Crippen LogP contribution in [0.2, 0.25) is 0 Å². The quantitative estimate of drug-likeness (QED) is 0.620. The van der Waals surface area contributed by atoms with E-state index in [0.717, 1.165) is 27.5 Å². The van der Waals surface area contributed by atoms with Gasteiger partial charge in [0.2, 0.25) is 0 Å². The first-order valence-corrected chi connectivity index (χ1v) is 8.19. The van der Waals surface area contributed by atoms with Gasteiger partial charge in [-0.2, -0.15) is 0 Å². The van der Waals surface area contributed by atoms with Crippen molar-refractivity contribution in [3.05, 3.63) is 63.6 Å². The summed E-state index contributed by atoms with van der Waals surface area (Å²) in [6.45, 7) is 2.77. The normalized spacial score (nSPS) is 10.5. The second-order valence-electron chi connectivity index (χ2n) is 4.34. The SMILES string of the molecule is CCc1ccc(COc2ccc(Br)cc2CBr)cc1. The van der Waals surface area contributed by atoms with Gasteiger partial charge >= 0.3 is 0 Å². The standard InChI is InChI=1S/C16H16Br2O/c1-2-12-3-5-13(6-4-12)11-19-16-8-7-15(18)9-14(16)10-17/h3-9H,2,10-11H2,1H3. The van der Waals surface area contributed by atoms with Crippen LogP contribution in [0.4, 0.5) is 0 Å². The third-order valence-electron chi connectivity index (χ3n) is 2.99.